The smallest absolute Gasteiger partial charge is 0.407 e. The Hall–Kier alpha value is -1.67. The van der Waals surface area contributed by atoms with Crippen LogP contribution in [0.3, 0.4) is 0 Å². The van der Waals surface area contributed by atoms with Gasteiger partial charge < -0.3 is 15.3 Å². The summed E-state index contributed by atoms with van der Waals surface area (Å²) in [6.07, 6.45) is -0.427. The topological polar surface area (TPSA) is 82.5 Å². The van der Waals surface area contributed by atoms with Crippen LogP contribution < -0.4 is 5.32 Å². The predicted molar refractivity (Wildman–Crippen MR) is 83.7 cm³/mol. The molecule has 2 N–H and O–H groups in total. The standard InChI is InChI=1S/C13H12BrN3O3S/c14-8-1-2-9-10(5-8)21-12(15-9)16-11(18)7-3-4-17(6-7)13(19)20/h1-2,5,7H,3-4,6H2,(H,19,20)(H,15,16,18)/t7-/m1/s1. The SMILES string of the molecule is O=C(Nc1nc2ccc(Br)cc2s1)[C@@H]1CCN(C(=O)O)C1. The molecule has 110 valence electrons. The van der Waals surface area contributed by atoms with E-state index < -0.39 is 6.09 Å². The summed E-state index contributed by atoms with van der Waals surface area (Å²) in [5.41, 5.74) is 0.831. The van der Waals surface area contributed by atoms with E-state index in [-0.39, 0.29) is 18.4 Å². The molecule has 0 spiro atoms. The number of carbonyl (C=O) groups is 2. The number of anilines is 1. The quantitative estimate of drug-likeness (QED) is 0.852. The summed E-state index contributed by atoms with van der Waals surface area (Å²) in [7, 11) is 0. The zero-order valence-corrected chi connectivity index (χ0v) is 13.3. The van der Waals surface area contributed by atoms with Gasteiger partial charge in [0.25, 0.3) is 0 Å². The Morgan fingerprint density at radius 3 is 3.00 bits per heavy atom. The van der Waals surface area contributed by atoms with E-state index in [0.29, 0.717) is 18.1 Å². The molecule has 0 unspecified atom stereocenters. The van der Waals surface area contributed by atoms with Crippen LogP contribution in [0, 0.1) is 5.92 Å². The average molecular weight is 370 g/mol. The fourth-order valence-electron chi connectivity index (χ4n) is 2.31. The highest BCUT2D eigenvalue weighted by Gasteiger charge is 2.31. The molecular formula is C13H12BrN3O3S. The lowest BCUT2D eigenvalue weighted by atomic mass is 10.1. The molecule has 1 aromatic heterocycles. The maximum absolute atomic E-state index is 12.2. The first kappa shape index (κ1) is 14.3. The summed E-state index contributed by atoms with van der Waals surface area (Å²) in [5, 5.41) is 12.2. The lowest BCUT2D eigenvalue weighted by Crippen LogP contribution is -2.30. The van der Waals surface area contributed by atoms with Crippen LogP contribution in [0.15, 0.2) is 22.7 Å². The summed E-state index contributed by atoms with van der Waals surface area (Å²) < 4.78 is 1.95. The third kappa shape index (κ3) is 3.01. The lowest BCUT2D eigenvalue weighted by Gasteiger charge is -2.11. The molecular weight excluding hydrogens is 358 g/mol. The van der Waals surface area contributed by atoms with Crippen molar-refractivity contribution >= 4 is 54.6 Å². The van der Waals surface area contributed by atoms with Gasteiger partial charge in [0.15, 0.2) is 5.13 Å². The lowest BCUT2D eigenvalue weighted by molar-refractivity contribution is -0.119. The fourth-order valence-corrected chi connectivity index (χ4v) is 3.73. The number of nitrogens with zero attached hydrogens (tertiary/aromatic N) is 2. The maximum Gasteiger partial charge on any atom is 0.407 e. The molecule has 1 saturated heterocycles. The van der Waals surface area contributed by atoms with Gasteiger partial charge >= 0.3 is 6.09 Å². The molecule has 1 aliphatic heterocycles. The van der Waals surface area contributed by atoms with Crippen LogP contribution in [-0.4, -0.2) is 40.1 Å². The summed E-state index contributed by atoms with van der Waals surface area (Å²) in [6, 6.07) is 5.73. The number of halogens is 1. The second-order valence-corrected chi connectivity index (χ2v) is 6.78. The number of rotatable bonds is 2. The molecule has 1 aliphatic rings. The zero-order valence-electron chi connectivity index (χ0n) is 10.9. The minimum atomic E-state index is -0.977. The van der Waals surface area contributed by atoms with Crippen molar-refractivity contribution in [1.29, 1.82) is 0 Å². The molecule has 21 heavy (non-hydrogen) atoms. The van der Waals surface area contributed by atoms with Gasteiger partial charge in [0.2, 0.25) is 5.91 Å². The molecule has 2 heterocycles. The molecule has 0 radical (unpaired) electrons. The molecule has 2 aromatic rings. The number of thiazole rings is 1. The number of hydrogen-bond acceptors (Lipinski definition) is 4. The van der Waals surface area contributed by atoms with E-state index in [1.54, 1.807) is 0 Å². The second kappa shape index (κ2) is 5.61. The van der Waals surface area contributed by atoms with Crippen LogP contribution >= 0.6 is 27.3 Å². The van der Waals surface area contributed by atoms with Gasteiger partial charge in [-0.15, -0.1) is 0 Å². The van der Waals surface area contributed by atoms with Crippen molar-refractivity contribution in [3.05, 3.63) is 22.7 Å². The average Bonchev–Trinajstić information content (AvgIpc) is 3.03. The summed E-state index contributed by atoms with van der Waals surface area (Å²) in [6.45, 7) is 0.651. The maximum atomic E-state index is 12.2. The Morgan fingerprint density at radius 1 is 1.48 bits per heavy atom. The Kier molecular flexibility index (Phi) is 3.81. The molecule has 0 bridgehead atoms. The normalized spacial score (nSPS) is 18.1. The van der Waals surface area contributed by atoms with Crippen molar-refractivity contribution in [1.82, 2.24) is 9.88 Å². The molecule has 0 saturated carbocycles. The zero-order chi connectivity index (χ0) is 15.0. The minimum absolute atomic E-state index is 0.170. The first-order valence-corrected chi connectivity index (χ1v) is 7.99. The first-order valence-electron chi connectivity index (χ1n) is 6.38. The van der Waals surface area contributed by atoms with Crippen LogP contribution in [0.4, 0.5) is 9.93 Å². The van der Waals surface area contributed by atoms with E-state index in [2.05, 4.69) is 26.2 Å². The van der Waals surface area contributed by atoms with Crippen molar-refractivity contribution in [3.8, 4) is 0 Å². The number of fused-ring (bicyclic) bond motifs is 1. The molecule has 1 atom stereocenters. The van der Waals surface area contributed by atoms with E-state index in [4.69, 9.17) is 5.11 Å². The predicted octanol–water partition coefficient (Wildman–Crippen LogP) is 3.00. The van der Waals surface area contributed by atoms with Crippen LogP contribution in [0.5, 0.6) is 0 Å². The number of carbonyl (C=O) groups excluding carboxylic acids is 1. The second-order valence-electron chi connectivity index (χ2n) is 4.83. The Morgan fingerprint density at radius 2 is 2.29 bits per heavy atom. The van der Waals surface area contributed by atoms with Crippen LogP contribution in [0.25, 0.3) is 10.2 Å². The number of likely N-dealkylation sites (tertiary alicyclic amines) is 1. The van der Waals surface area contributed by atoms with Gasteiger partial charge in [0.1, 0.15) is 0 Å². The Bertz CT molecular complexity index is 718. The highest BCUT2D eigenvalue weighted by Crippen LogP contribution is 2.29. The molecule has 1 fully saturated rings. The molecule has 6 nitrogen and oxygen atoms in total. The van der Waals surface area contributed by atoms with E-state index in [1.807, 2.05) is 18.2 Å². The number of nitrogens with one attached hydrogen (secondary N) is 1. The van der Waals surface area contributed by atoms with Gasteiger partial charge in [-0.05, 0) is 24.6 Å². The molecule has 1 aromatic carbocycles. The van der Waals surface area contributed by atoms with Gasteiger partial charge in [-0.3, -0.25) is 4.79 Å². The largest absolute Gasteiger partial charge is 0.465 e. The van der Waals surface area contributed by atoms with Crippen molar-refractivity contribution < 1.29 is 14.7 Å². The molecule has 3 rings (SSSR count). The van der Waals surface area contributed by atoms with Crippen LogP contribution in [0.2, 0.25) is 0 Å². The van der Waals surface area contributed by atoms with E-state index in [0.717, 1.165) is 14.7 Å². The van der Waals surface area contributed by atoms with Gasteiger partial charge in [0, 0.05) is 17.6 Å². The van der Waals surface area contributed by atoms with E-state index >= 15 is 0 Å². The Labute approximate surface area is 132 Å². The third-order valence-corrected chi connectivity index (χ3v) is 4.84. The summed E-state index contributed by atoms with van der Waals surface area (Å²) in [5.74, 6) is -0.475. The molecule has 0 aliphatic carbocycles. The van der Waals surface area contributed by atoms with Crippen molar-refractivity contribution in [2.45, 2.75) is 6.42 Å². The number of hydrogen-bond donors (Lipinski definition) is 2. The number of benzene rings is 1. The van der Waals surface area contributed by atoms with Gasteiger partial charge in [0.05, 0.1) is 16.1 Å². The monoisotopic (exact) mass is 369 g/mol. The van der Waals surface area contributed by atoms with Gasteiger partial charge in [-0.25, -0.2) is 9.78 Å². The van der Waals surface area contributed by atoms with Crippen molar-refractivity contribution in [2.24, 2.45) is 5.92 Å². The van der Waals surface area contributed by atoms with Crippen molar-refractivity contribution in [2.75, 3.05) is 18.4 Å². The third-order valence-electron chi connectivity index (χ3n) is 3.41. The number of carboxylic acid groups (broad SMARTS) is 1. The highest BCUT2D eigenvalue weighted by atomic mass is 79.9. The Balaban J connectivity index is 1.70. The number of amides is 2. The molecule has 8 heteroatoms. The van der Waals surface area contributed by atoms with Gasteiger partial charge in [-0.1, -0.05) is 27.3 Å². The van der Waals surface area contributed by atoms with Crippen LogP contribution in [-0.2, 0) is 4.79 Å². The number of aromatic nitrogens is 1. The first-order chi connectivity index (χ1) is 10.0. The van der Waals surface area contributed by atoms with Crippen LogP contribution in [0.1, 0.15) is 6.42 Å². The minimum Gasteiger partial charge on any atom is -0.465 e. The van der Waals surface area contributed by atoms with Gasteiger partial charge in [-0.2, -0.15) is 0 Å². The molecule has 2 amide bonds. The van der Waals surface area contributed by atoms with E-state index in [9.17, 15) is 9.59 Å². The fraction of sp³-hybridized carbons (Fsp3) is 0.308. The highest BCUT2D eigenvalue weighted by molar-refractivity contribution is 9.10. The van der Waals surface area contributed by atoms with Crippen molar-refractivity contribution in [3.63, 3.8) is 0 Å². The summed E-state index contributed by atoms with van der Waals surface area (Å²) in [4.78, 5) is 28.6. The summed E-state index contributed by atoms with van der Waals surface area (Å²) >= 11 is 4.80. The van der Waals surface area contributed by atoms with E-state index in [1.165, 1.54) is 16.2 Å².